The van der Waals surface area contributed by atoms with Crippen LogP contribution in [0, 0.1) is 18.8 Å². The smallest absolute Gasteiger partial charge is 0.220 e. The number of aryl methyl sites for hydroxylation is 1. The molecule has 176 valence electrons. The van der Waals surface area contributed by atoms with Crippen molar-refractivity contribution in [3.8, 4) is 5.75 Å². The van der Waals surface area contributed by atoms with Gasteiger partial charge in [-0.05, 0) is 62.5 Å². The minimum Gasteiger partial charge on any atom is -0.496 e. The Balaban J connectivity index is 1.57. The van der Waals surface area contributed by atoms with Crippen LogP contribution in [-0.4, -0.2) is 18.2 Å². The van der Waals surface area contributed by atoms with Gasteiger partial charge in [-0.25, -0.2) is 0 Å². The number of aromatic nitrogens is 1. The molecule has 32 heavy (non-hydrogen) atoms. The van der Waals surface area contributed by atoms with Gasteiger partial charge in [-0.15, -0.1) is 0 Å². The molecular weight excluding hydrogens is 400 g/mol. The summed E-state index contributed by atoms with van der Waals surface area (Å²) in [7, 11) is 1.67. The summed E-state index contributed by atoms with van der Waals surface area (Å²) in [5.41, 5.74) is 4.32. The second-order valence-corrected chi connectivity index (χ2v) is 9.81. The molecule has 1 aliphatic carbocycles. The first kappa shape index (κ1) is 24.3. The lowest BCUT2D eigenvalue weighted by molar-refractivity contribution is -0.121. The van der Waals surface area contributed by atoms with E-state index in [1.54, 1.807) is 7.11 Å². The van der Waals surface area contributed by atoms with Crippen LogP contribution in [0.4, 0.5) is 0 Å². The maximum absolute atomic E-state index is 12.7. The first-order valence-electron chi connectivity index (χ1n) is 12.2. The fourth-order valence-electron chi connectivity index (χ4n) is 5.01. The average Bonchev–Trinajstić information content (AvgIpc) is 3.13. The van der Waals surface area contributed by atoms with Crippen LogP contribution >= 0.6 is 0 Å². The minimum absolute atomic E-state index is 0.0306. The molecule has 2 aromatic rings. The Morgan fingerprint density at radius 3 is 2.66 bits per heavy atom. The molecule has 1 aliphatic rings. The van der Waals surface area contributed by atoms with Gasteiger partial charge in [0.1, 0.15) is 11.5 Å². The highest BCUT2D eigenvalue weighted by atomic mass is 16.5. The summed E-state index contributed by atoms with van der Waals surface area (Å²) in [6.45, 7) is 11.4. The number of nitrogens with zero attached hydrogens (tertiary/aromatic N) is 1. The number of methoxy groups -OCH3 is 1. The molecule has 1 aromatic heterocycles. The predicted octanol–water partition coefficient (Wildman–Crippen LogP) is 6.29. The highest BCUT2D eigenvalue weighted by molar-refractivity contribution is 5.77. The lowest BCUT2D eigenvalue weighted by atomic mass is 9.69. The van der Waals surface area contributed by atoms with Crippen molar-refractivity contribution in [1.82, 2.24) is 10.5 Å². The fourth-order valence-corrected chi connectivity index (χ4v) is 5.01. The van der Waals surface area contributed by atoms with E-state index in [9.17, 15) is 4.79 Å². The van der Waals surface area contributed by atoms with E-state index < -0.39 is 0 Å². The first-order valence-corrected chi connectivity index (χ1v) is 12.2. The van der Waals surface area contributed by atoms with E-state index in [0.29, 0.717) is 18.9 Å². The van der Waals surface area contributed by atoms with Crippen LogP contribution in [-0.2, 0) is 17.8 Å². The summed E-state index contributed by atoms with van der Waals surface area (Å²) >= 11 is 0. The summed E-state index contributed by atoms with van der Waals surface area (Å²) in [5, 5.41) is 7.48. The van der Waals surface area contributed by atoms with Crippen LogP contribution < -0.4 is 10.1 Å². The quantitative estimate of drug-likeness (QED) is 0.446. The maximum Gasteiger partial charge on any atom is 0.220 e. The highest BCUT2D eigenvalue weighted by Crippen LogP contribution is 2.46. The molecule has 1 amide bonds. The standard InChI is InChI=1S/C27H40N2O3/c1-7-19-9-10-22(24(14-19)31-6)16-28-25(30)15-21(8-2)26-18(5)27(32-29-26)23-12-20(13-23)11-17(3)4/h9-10,14,17,20-21,23H,7-8,11-13,15-16H2,1-6H3,(H,28,30). The second-order valence-electron chi connectivity index (χ2n) is 9.81. The Morgan fingerprint density at radius 2 is 2.03 bits per heavy atom. The topological polar surface area (TPSA) is 64.4 Å². The molecule has 1 heterocycles. The molecular formula is C27H40N2O3. The van der Waals surface area contributed by atoms with Crippen LogP contribution in [0.5, 0.6) is 5.75 Å². The van der Waals surface area contributed by atoms with Gasteiger partial charge >= 0.3 is 0 Å². The van der Waals surface area contributed by atoms with E-state index in [1.807, 2.05) is 12.1 Å². The largest absolute Gasteiger partial charge is 0.496 e. The average molecular weight is 441 g/mol. The van der Waals surface area contributed by atoms with E-state index in [1.165, 1.54) is 24.8 Å². The van der Waals surface area contributed by atoms with Crippen molar-refractivity contribution in [2.24, 2.45) is 11.8 Å². The predicted molar refractivity (Wildman–Crippen MR) is 128 cm³/mol. The van der Waals surface area contributed by atoms with E-state index in [4.69, 9.17) is 9.26 Å². The molecule has 1 atom stereocenters. The van der Waals surface area contributed by atoms with Crippen molar-refractivity contribution in [2.45, 2.75) is 91.5 Å². The number of hydrogen-bond acceptors (Lipinski definition) is 4. The monoisotopic (exact) mass is 440 g/mol. The normalized spacial score (nSPS) is 19.0. The molecule has 1 unspecified atom stereocenters. The number of carbonyl (C=O) groups is 1. The third kappa shape index (κ3) is 5.73. The molecule has 0 spiro atoms. The van der Waals surface area contributed by atoms with Gasteiger partial charge in [0.15, 0.2) is 0 Å². The summed E-state index contributed by atoms with van der Waals surface area (Å²) in [6.07, 6.45) is 5.92. The van der Waals surface area contributed by atoms with Crippen molar-refractivity contribution in [3.05, 3.63) is 46.3 Å². The van der Waals surface area contributed by atoms with Crippen LogP contribution in [0.25, 0.3) is 0 Å². The number of rotatable bonds is 11. The van der Waals surface area contributed by atoms with Crippen LogP contribution in [0.1, 0.15) is 99.8 Å². The van der Waals surface area contributed by atoms with Gasteiger partial charge in [-0.3, -0.25) is 4.79 Å². The number of amides is 1. The Bertz CT molecular complexity index is 896. The Kier molecular flexibility index (Phi) is 8.38. The number of carbonyl (C=O) groups excluding carboxylic acids is 1. The summed E-state index contributed by atoms with van der Waals surface area (Å²) in [5.74, 6) is 4.02. The van der Waals surface area contributed by atoms with Gasteiger partial charge in [-0.2, -0.15) is 0 Å². The van der Waals surface area contributed by atoms with Crippen LogP contribution in [0.15, 0.2) is 22.7 Å². The number of benzene rings is 1. The van der Waals surface area contributed by atoms with E-state index >= 15 is 0 Å². The molecule has 1 N–H and O–H groups in total. The van der Waals surface area contributed by atoms with E-state index in [2.05, 4.69) is 51.2 Å². The van der Waals surface area contributed by atoms with Gasteiger partial charge in [0.05, 0.1) is 12.8 Å². The third-order valence-corrected chi connectivity index (χ3v) is 6.95. The van der Waals surface area contributed by atoms with Crippen molar-refractivity contribution in [2.75, 3.05) is 7.11 Å². The van der Waals surface area contributed by atoms with Gasteiger partial charge in [0, 0.05) is 35.9 Å². The first-order chi connectivity index (χ1) is 15.4. The number of ether oxygens (including phenoxy) is 1. The number of hydrogen-bond donors (Lipinski definition) is 1. The highest BCUT2D eigenvalue weighted by Gasteiger charge is 2.35. The van der Waals surface area contributed by atoms with Gasteiger partial charge in [0.25, 0.3) is 0 Å². The Hall–Kier alpha value is -2.30. The molecule has 0 saturated heterocycles. The SMILES string of the molecule is CCc1ccc(CNC(=O)CC(CC)c2noc(C3CC(CC(C)C)C3)c2C)c(OC)c1. The van der Waals surface area contributed by atoms with Gasteiger partial charge < -0.3 is 14.6 Å². The van der Waals surface area contributed by atoms with Crippen molar-refractivity contribution in [1.29, 1.82) is 0 Å². The van der Waals surface area contributed by atoms with E-state index in [0.717, 1.165) is 53.0 Å². The molecule has 1 aromatic carbocycles. The number of nitrogens with one attached hydrogen (secondary N) is 1. The fraction of sp³-hybridized carbons (Fsp3) is 0.630. The van der Waals surface area contributed by atoms with Crippen LogP contribution in [0.3, 0.4) is 0 Å². The molecule has 5 heteroatoms. The maximum atomic E-state index is 12.7. The molecule has 3 rings (SSSR count). The summed E-state index contributed by atoms with van der Waals surface area (Å²) in [6, 6.07) is 6.17. The Morgan fingerprint density at radius 1 is 1.28 bits per heavy atom. The molecule has 0 bridgehead atoms. The van der Waals surface area contributed by atoms with Crippen molar-refractivity contribution >= 4 is 5.91 Å². The molecule has 1 fully saturated rings. The molecule has 5 nitrogen and oxygen atoms in total. The summed E-state index contributed by atoms with van der Waals surface area (Å²) < 4.78 is 11.3. The molecule has 1 saturated carbocycles. The Labute approximate surface area is 193 Å². The molecule has 0 aliphatic heterocycles. The van der Waals surface area contributed by atoms with Gasteiger partial charge in [0.2, 0.25) is 5.91 Å². The zero-order chi connectivity index (χ0) is 23.3. The van der Waals surface area contributed by atoms with Crippen molar-refractivity contribution < 1.29 is 14.1 Å². The summed E-state index contributed by atoms with van der Waals surface area (Å²) in [4.78, 5) is 12.7. The third-order valence-electron chi connectivity index (χ3n) is 6.95. The van der Waals surface area contributed by atoms with Crippen LogP contribution in [0.2, 0.25) is 0 Å². The van der Waals surface area contributed by atoms with Crippen molar-refractivity contribution in [3.63, 3.8) is 0 Å². The lowest BCUT2D eigenvalue weighted by Crippen LogP contribution is -2.25. The zero-order valence-corrected chi connectivity index (χ0v) is 20.7. The molecule has 0 radical (unpaired) electrons. The lowest BCUT2D eigenvalue weighted by Gasteiger charge is -2.35. The zero-order valence-electron chi connectivity index (χ0n) is 20.7. The minimum atomic E-state index is 0.0306. The van der Waals surface area contributed by atoms with Gasteiger partial charge in [-0.1, -0.05) is 45.0 Å². The van der Waals surface area contributed by atoms with E-state index in [-0.39, 0.29) is 11.8 Å². The second kappa shape index (κ2) is 11.0.